The average molecular weight is 300 g/mol. The van der Waals surface area contributed by atoms with Crippen LogP contribution in [0, 0.1) is 0 Å². The second-order valence-electron chi connectivity index (χ2n) is 5.22. The highest BCUT2D eigenvalue weighted by atomic mass is 16.5. The third-order valence-corrected chi connectivity index (χ3v) is 3.65. The zero-order valence-electron chi connectivity index (χ0n) is 12.8. The molecular formula is C15H20N6O. The first kappa shape index (κ1) is 14.4. The molecule has 0 fully saturated rings. The molecule has 0 spiro atoms. The maximum atomic E-state index is 5.90. The highest BCUT2D eigenvalue weighted by molar-refractivity contribution is 5.79. The van der Waals surface area contributed by atoms with Crippen LogP contribution in [0.4, 0.5) is 0 Å². The largest absolute Gasteiger partial charge is 0.488 e. The number of fused-ring (bicyclic) bond motifs is 1. The second-order valence-corrected chi connectivity index (χ2v) is 5.22. The van der Waals surface area contributed by atoms with Crippen LogP contribution in [0.2, 0.25) is 0 Å². The van der Waals surface area contributed by atoms with E-state index in [4.69, 9.17) is 4.74 Å². The van der Waals surface area contributed by atoms with E-state index in [0.717, 1.165) is 24.0 Å². The Kier molecular flexibility index (Phi) is 4.22. The first-order chi connectivity index (χ1) is 10.8. The Morgan fingerprint density at radius 2 is 2.27 bits per heavy atom. The van der Waals surface area contributed by atoms with Crippen molar-refractivity contribution in [1.82, 2.24) is 25.4 Å². The molecule has 1 aliphatic rings. The van der Waals surface area contributed by atoms with Crippen molar-refractivity contribution in [3.05, 3.63) is 42.0 Å². The molecule has 2 heterocycles. The molecule has 1 aromatic heterocycles. The second kappa shape index (κ2) is 6.46. The predicted octanol–water partition coefficient (Wildman–Crippen LogP) is 0.484. The topological polar surface area (TPSA) is 76.4 Å². The van der Waals surface area contributed by atoms with E-state index in [0.29, 0.717) is 13.1 Å². The van der Waals surface area contributed by atoms with Crippen molar-refractivity contribution in [1.29, 1.82) is 0 Å². The van der Waals surface area contributed by atoms with Crippen LogP contribution in [-0.4, -0.2) is 40.4 Å². The van der Waals surface area contributed by atoms with E-state index in [2.05, 4.69) is 31.9 Å². The van der Waals surface area contributed by atoms with E-state index >= 15 is 0 Å². The summed E-state index contributed by atoms with van der Waals surface area (Å²) in [5.41, 5.74) is 1.26. The van der Waals surface area contributed by atoms with Gasteiger partial charge in [-0.1, -0.05) is 18.2 Å². The number of nitrogens with zero attached hydrogens (tertiary/aromatic N) is 4. The monoisotopic (exact) mass is 300 g/mol. The number of rotatable bonds is 4. The molecule has 0 bridgehead atoms. The number of benzene rings is 1. The lowest BCUT2D eigenvalue weighted by Crippen LogP contribution is -2.42. The minimum atomic E-state index is 0.130. The van der Waals surface area contributed by atoms with Gasteiger partial charge >= 0.3 is 0 Å². The zero-order valence-corrected chi connectivity index (χ0v) is 12.8. The van der Waals surface area contributed by atoms with Crippen molar-refractivity contribution in [3.63, 3.8) is 0 Å². The highest BCUT2D eigenvalue weighted by Gasteiger charge is 2.22. The van der Waals surface area contributed by atoms with Crippen molar-refractivity contribution in [2.24, 2.45) is 12.0 Å². The van der Waals surface area contributed by atoms with E-state index in [1.165, 1.54) is 5.56 Å². The molecule has 7 nitrogen and oxygen atoms in total. The van der Waals surface area contributed by atoms with Crippen LogP contribution in [0.15, 0.2) is 35.6 Å². The lowest BCUT2D eigenvalue weighted by atomic mass is 10.1. The summed E-state index contributed by atoms with van der Waals surface area (Å²) in [4.78, 5) is 4.21. The number of para-hydroxylation sites is 1. The molecule has 2 N–H and O–H groups in total. The van der Waals surface area contributed by atoms with Gasteiger partial charge in [-0.15, -0.1) is 10.2 Å². The van der Waals surface area contributed by atoms with Crippen LogP contribution in [0.25, 0.3) is 0 Å². The molecule has 3 rings (SSSR count). The Morgan fingerprint density at radius 1 is 1.41 bits per heavy atom. The SMILES string of the molecule is CN=C(NCc1nncn1C)NCC1Cc2ccccc2O1. The fourth-order valence-electron chi connectivity index (χ4n) is 2.43. The average Bonchev–Trinajstić information content (AvgIpc) is 3.13. The van der Waals surface area contributed by atoms with Gasteiger partial charge in [0.05, 0.1) is 13.1 Å². The van der Waals surface area contributed by atoms with Gasteiger partial charge in [0.2, 0.25) is 0 Å². The van der Waals surface area contributed by atoms with Crippen LogP contribution < -0.4 is 15.4 Å². The Morgan fingerprint density at radius 3 is 3.00 bits per heavy atom. The summed E-state index contributed by atoms with van der Waals surface area (Å²) in [6.07, 6.45) is 2.73. The molecule has 1 aromatic carbocycles. The number of hydrogen-bond acceptors (Lipinski definition) is 4. The summed E-state index contributed by atoms with van der Waals surface area (Å²) in [6, 6.07) is 8.16. The van der Waals surface area contributed by atoms with Gasteiger partial charge in [0.25, 0.3) is 0 Å². The standard InChI is InChI=1S/C15H20N6O/c1-16-15(18-9-14-20-19-10-21(14)2)17-8-12-7-11-5-3-4-6-13(11)22-12/h3-6,10,12H,7-9H2,1-2H3,(H2,16,17,18). The fourth-order valence-corrected chi connectivity index (χ4v) is 2.43. The normalized spacial score (nSPS) is 17.0. The zero-order chi connectivity index (χ0) is 15.4. The lowest BCUT2D eigenvalue weighted by Gasteiger charge is -2.15. The van der Waals surface area contributed by atoms with E-state index in [-0.39, 0.29) is 6.10 Å². The third kappa shape index (κ3) is 3.19. The van der Waals surface area contributed by atoms with Gasteiger partial charge in [0.1, 0.15) is 18.2 Å². The molecule has 22 heavy (non-hydrogen) atoms. The molecule has 0 saturated heterocycles. The van der Waals surface area contributed by atoms with Gasteiger partial charge in [0, 0.05) is 20.5 Å². The lowest BCUT2D eigenvalue weighted by molar-refractivity contribution is 0.235. The highest BCUT2D eigenvalue weighted by Crippen LogP contribution is 2.27. The van der Waals surface area contributed by atoms with E-state index in [9.17, 15) is 0 Å². The summed E-state index contributed by atoms with van der Waals surface area (Å²) in [5, 5.41) is 14.4. The van der Waals surface area contributed by atoms with E-state index in [1.807, 2.05) is 29.8 Å². The van der Waals surface area contributed by atoms with Gasteiger partial charge in [-0.05, 0) is 11.6 Å². The van der Waals surface area contributed by atoms with Crippen LogP contribution in [-0.2, 0) is 20.0 Å². The van der Waals surface area contributed by atoms with Crippen molar-refractivity contribution in [2.45, 2.75) is 19.1 Å². The Labute approximate surface area is 129 Å². The van der Waals surface area contributed by atoms with E-state index in [1.54, 1.807) is 13.4 Å². The quantitative estimate of drug-likeness (QED) is 0.634. The molecule has 7 heteroatoms. The number of guanidine groups is 1. The molecule has 1 atom stereocenters. The van der Waals surface area contributed by atoms with E-state index < -0.39 is 0 Å². The molecule has 2 aromatic rings. The molecule has 0 radical (unpaired) electrons. The summed E-state index contributed by atoms with van der Waals surface area (Å²) in [6.45, 7) is 1.27. The molecule has 0 saturated carbocycles. The van der Waals surface area contributed by atoms with Crippen LogP contribution in [0.5, 0.6) is 5.75 Å². The number of nitrogens with one attached hydrogen (secondary N) is 2. The van der Waals surface area contributed by atoms with Gasteiger partial charge in [0.15, 0.2) is 11.8 Å². The first-order valence-corrected chi connectivity index (χ1v) is 7.28. The molecule has 116 valence electrons. The predicted molar refractivity (Wildman–Crippen MR) is 83.8 cm³/mol. The van der Waals surface area contributed by atoms with Crippen molar-refractivity contribution in [3.8, 4) is 5.75 Å². The number of hydrogen-bond donors (Lipinski definition) is 2. The van der Waals surface area contributed by atoms with Gasteiger partial charge < -0.3 is 19.9 Å². The number of ether oxygens (including phenoxy) is 1. The molecule has 1 unspecified atom stereocenters. The smallest absolute Gasteiger partial charge is 0.191 e. The summed E-state index contributed by atoms with van der Waals surface area (Å²) in [7, 11) is 3.66. The van der Waals surface area contributed by atoms with Crippen LogP contribution in [0.1, 0.15) is 11.4 Å². The van der Waals surface area contributed by atoms with Crippen molar-refractivity contribution < 1.29 is 4.74 Å². The van der Waals surface area contributed by atoms with Crippen molar-refractivity contribution in [2.75, 3.05) is 13.6 Å². The van der Waals surface area contributed by atoms with Gasteiger partial charge in [-0.3, -0.25) is 4.99 Å². The minimum Gasteiger partial charge on any atom is -0.488 e. The number of aliphatic imine (C=N–C) groups is 1. The minimum absolute atomic E-state index is 0.130. The molecular weight excluding hydrogens is 280 g/mol. The molecule has 0 aliphatic carbocycles. The number of aryl methyl sites for hydroxylation is 1. The molecule has 1 aliphatic heterocycles. The maximum Gasteiger partial charge on any atom is 0.191 e. The fraction of sp³-hybridized carbons (Fsp3) is 0.400. The van der Waals surface area contributed by atoms with Crippen molar-refractivity contribution >= 4 is 5.96 Å². The first-order valence-electron chi connectivity index (χ1n) is 7.28. The molecule has 0 amide bonds. The summed E-state index contributed by atoms with van der Waals surface area (Å²) >= 11 is 0. The Hall–Kier alpha value is -2.57. The summed E-state index contributed by atoms with van der Waals surface area (Å²) in [5.74, 6) is 2.56. The van der Waals surface area contributed by atoms with Gasteiger partial charge in [-0.25, -0.2) is 0 Å². The van der Waals surface area contributed by atoms with Gasteiger partial charge in [-0.2, -0.15) is 0 Å². The Bertz CT molecular complexity index is 641. The Balaban J connectivity index is 1.47. The van der Waals surface area contributed by atoms with Crippen LogP contribution in [0.3, 0.4) is 0 Å². The number of aromatic nitrogens is 3. The summed E-state index contributed by atoms with van der Waals surface area (Å²) < 4.78 is 7.77. The maximum absolute atomic E-state index is 5.90. The third-order valence-electron chi connectivity index (χ3n) is 3.65. The van der Waals surface area contributed by atoms with Crippen LogP contribution >= 0.6 is 0 Å².